The first-order valence-corrected chi connectivity index (χ1v) is 2.94. The van der Waals surface area contributed by atoms with E-state index in [2.05, 4.69) is 24.5 Å². The Morgan fingerprint density at radius 2 is 2.38 bits per heavy atom. The molecule has 0 fully saturated rings. The Hall–Kier alpha value is -0.420. The van der Waals surface area contributed by atoms with E-state index in [1.807, 2.05) is 6.92 Å². The molecule has 8 heavy (non-hydrogen) atoms. The molecule has 0 N–H and O–H groups in total. The summed E-state index contributed by atoms with van der Waals surface area (Å²) in [6.07, 6.45) is 1.78. The van der Waals surface area contributed by atoms with Crippen LogP contribution >= 0.6 is 12.6 Å². The summed E-state index contributed by atoms with van der Waals surface area (Å²) in [5, 5.41) is -0.349. The van der Waals surface area contributed by atoms with Gasteiger partial charge in [0, 0.05) is 6.42 Å². The van der Waals surface area contributed by atoms with Gasteiger partial charge in [0.05, 0.1) is 0 Å². The van der Waals surface area contributed by atoms with E-state index in [1.165, 1.54) is 0 Å². The monoisotopic (exact) mass is 128 g/mol. The Bertz CT molecular complexity index is 129. The van der Waals surface area contributed by atoms with Crippen molar-refractivity contribution in [1.29, 1.82) is 0 Å². The average Bonchev–Trinajstić information content (AvgIpc) is 1.66. The molecular formula is C6H8OS. The third kappa shape index (κ3) is 5.58. The van der Waals surface area contributed by atoms with Crippen LogP contribution in [0.1, 0.15) is 19.8 Å². The van der Waals surface area contributed by atoms with E-state index in [0.29, 0.717) is 0 Å². The molecule has 0 aromatic carbocycles. The zero-order chi connectivity index (χ0) is 6.41. The quantitative estimate of drug-likeness (QED) is 0.415. The van der Waals surface area contributed by atoms with Gasteiger partial charge in [-0.3, -0.25) is 4.79 Å². The van der Waals surface area contributed by atoms with Crippen LogP contribution in [-0.4, -0.2) is 5.12 Å². The van der Waals surface area contributed by atoms with Crippen LogP contribution in [0.15, 0.2) is 0 Å². The lowest BCUT2D eigenvalue weighted by molar-refractivity contribution is -0.106. The van der Waals surface area contributed by atoms with Crippen molar-refractivity contribution in [2.45, 2.75) is 19.8 Å². The fourth-order valence-corrected chi connectivity index (χ4v) is 0.342. The van der Waals surface area contributed by atoms with Gasteiger partial charge in [0.2, 0.25) is 0 Å². The molecular weight excluding hydrogens is 120 g/mol. The Balaban J connectivity index is 3.35. The van der Waals surface area contributed by atoms with Gasteiger partial charge in [-0.15, -0.1) is 0 Å². The zero-order valence-corrected chi connectivity index (χ0v) is 5.66. The molecule has 0 unspecified atom stereocenters. The van der Waals surface area contributed by atoms with Gasteiger partial charge in [-0.1, -0.05) is 25.5 Å². The number of carbonyl (C=O) groups excluding carboxylic acids is 1. The second kappa shape index (κ2) is 4.73. The second-order valence-corrected chi connectivity index (χ2v) is 1.76. The SMILES string of the molecule is CCCC#CC(=O)S. The lowest BCUT2D eigenvalue weighted by Crippen LogP contribution is -1.74. The van der Waals surface area contributed by atoms with Gasteiger partial charge in [-0.25, -0.2) is 0 Å². The van der Waals surface area contributed by atoms with Crippen molar-refractivity contribution in [3.05, 3.63) is 0 Å². The van der Waals surface area contributed by atoms with Gasteiger partial charge in [0.1, 0.15) is 0 Å². The van der Waals surface area contributed by atoms with Crippen LogP contribution < -0.4 is 0 Å². The predicted molar refractivity (Wildman–Crippen MR) is 36.7 cm³/mol. The maximum absolute atomic E-state index is 10.0. The van der Waals surface area contributed by atoms with Crippen LogP contribution in [-0.2, 0) is 4.79 Å². The summed E-state index contributed by atoms with van der Waals surface area (Å²) in [5.41, 5.74) is 0. The smallest absolute Gasteiger partial charge is 0.259 e. The fourth-order valence-electron chi connectivity index (χ4n) is 0.263. The summed E-state index contributed by atoms with van der Waals surface area (Å²) >= 11 is 3.46. The molecule has 0 rings (SSSR count). The highest BCUT2D eigenvalue weighted by Crippen LogP contribution is 1.81. The highest BCUT2D eigenvalue weighted by Gasteiger charge is 1.77. The Kier molecular flexibility index (Phi) is 4.48. The number of hydrogen-bond donors (Lipinski definition) is 1. The van der Waals surface area contributed by atoms with E-state index in [1.54, 1.807) is 0 Å². The summed E-state index contributed by atoms with van der Waals surface area (Å²) in [4.78, 5) is 10.0. The van der Waals surface area contributed by atoms with Crippen molar-refractivity contribution in [2.24, 2.45) is 0 Å². The summed E-state index contributed by atoms with van der Waals surface area (Å²) < 4.78 is 0. The summed E-state index contributed by atoms with van der Waals surface area (Å²) in [6, 6.07) is 0. The number of thiol groups is 1. The number of hydrogen-bond acceptors (Lipinski definition) is 1. The van der Waals surface area contributed by atoms with Gasteiger partial charge >= 0.3 is 0 Å². The Morgan fingerprint density at radius 3 is 2.75 bits per heavy atom. The Labute approximate surface area is 54.9 Å². The van der Waals surface area contributed by atoms with E-state index in [9.17, 15) is 4.79 Å². The minimum Gasteiger partial charge on any atom is -0.272 e. The van der Waals surface area contributed by atoms with Crippen molar-refractivity contribution >= 4 is 17.7 Å². The number of carbonyl (C=O) groups is 1. The maximum Gasteiger partial charge on any atom is 0.259 e. The molecule has 0 aliphatic carbocycles. The molecule has 0 aromatic rings. The lowest BCUT2D eigenvalue weighted by Gasteiger charge is -1.74. The largest absolute Gasteiger partial charge is 0.272 e. The van der Waals surface area contributed by atoms with E-state index in [4.69, 9.17) is 0 Å². The molecule has 0 amide bonds. The van der Waals surface area contributed by atoms with Gasteiger partial charge in [0.15, 0.2) is 0 Å². The maximum atomic E-state index is 10.0. The van der Waals surface area contributed by atoms with Crippen LogP contribution in [0.2, 0.25) is 0 Å². The normalized spacial score (nSPS) is 7.25. The standard InChI is InChI=1S/C6H8OS/c1-2-3-4-5-6(7)8/h2-3H2,1H3,(H,7,8). The van der Waals surface area contributed by atoms with E-state index < -0.39 is 0 Å². The molecule has 0 atom stereocenters. The molecule has 44 valence electrons. The fraction of sp³-hybridized carbons (Fsp3) is 0.500. The first-order chi connectivity index (χ1) is 3.77. The summed E-state index contributed by atoms with van der Waals surface area (Å²) in [7, 11) is 0. The number of rotatable bonds is 1. The molecule has 1 nitrogen and oxygen atoms in total. The van der Waals surface area contributed by atoms with E-state index in [-0.39, 0.29) is 5.12 Å². The van der Waals surface area contributed by atoms with Crippen molar-refractivity contribution in [3.63, 3.8) is 0 Å². The topological polar surface area (TPSA) is 17.1 Å². The van der Waals surface area contributed by atoms with Crippen molar-refractivity contribution in [3.8, 4) is 11.8 Å². The minimum absolute atomic E-state index is 0.349. The van der Waals surface area contributed by atoms with Crippen LogP contribution in [0.5, 0.6) is 0 Å². The van der Waals surface area contributed by atoms with Crippen LogP contribution in [0.4, 0.5) is 0 Å². The molecule has 0 spiro atoms. The molecule has 0 aliphatic rings. The van der Waals surface area contributed by atoms with Gasteiger partial charge < -0.3 is 0 Å². The van der Waals surface area contributed by atoms with Crippen molar-refractivity contribution in [1.82, 2.24) is 0 Å². The molecule has 0 radical (unpaired) electrons. The molecule has 0 aromatic heterocycles. The molecule has 0 heterocycles. The summed E-state index contributed by atoms with van der Waals surface area (Å²) in [6.45, 7) is 2.01. The molecule has 0 saturated carbocycles. The first-order valence-electron chi connectivity index (χ1n) is 2.49. The van der Waals surface area contributed by atoms with Gasteiger partial charge in [-0.2, -0.15) is 0 Å². The minimum atomic E-state index is -0.349. The van der Waals surface area contributed by atoms with E-state index in [0.717, 1.165) is 12.8 Å². The third-order valence-corrected chi connectivity index (χ3v) is 0.682. The first kappa shape index (κ1) is 7.58. The predicted octanol–water partition coefficient (Wildman–Crippen LogP) is 1.25. The highest BCUT2D eigenvalue weighted by molar-refractivity contribution is 7.97. The molecule has 0 saturated heterocycles. The lowest BCUT2D eigenvalue weighted by atomic mass is 10.3. The molecule has 2 heteroatoms. The van der Waals surface area contributed by atoms with Crippen molar-refractivity contribution in [2.75, 3.05) is 0 Å². The van der Waals surface area contributed by atoms with Crippen molar-refractivity contribution < 1.29 is 4.79 Å². The van der Waals surface area contributed by atoms with E-state index >= 15 is 0 Å². The third-order valence-electron chi connectivity index (χ3n) is 0.570. The summed E-state index contributed by atoms with van der Waals surface area (Å²) in [5.74, 6) is 4.98. The second-order valence-electron chi connectivity index (χ2n) is 1.36. The van der Waals surface area contributed by atoms with Crippen LogP contribution in [0.25, 0.3) is 0 Å². The molecule has 0 aliphatic heterocycles. The average molecular weight is 128 g/mol. The zero-order valence-electron chi connectivity index (χ0n) is 4.77. The van der Waals surface area contributed by atoms with Gasteiger partial charge in [-0.05, 0) is 12.3 Å². The number of unbranched alkanes of at least 4 members (excludes halogenated alkanes) is 1. The van der Waals surface area contributed by atoms with Crippen LogP contribution in [0.3, 0.4) is 0 Å². The highest BCUT2D eigenvalue weighted by atomic mass is 32.1. The molecule has 0 bridgehead atoms. The van der Waals surface area contributed by atoms with Gasteiger partial charge in [0.25, 0.3) is 5.12 Å². The van der Waals surface area contributed by atoms with Crippen LogP contribution in [0, 0.1) is 11.8 Å². The Morgan fingerprint density at radius 1 is 1.75 bits per heavy atom.